The van der Waals surface area contributed by atoms with Gasteiger partial charge in [-0.25, -0.2) is 0 Å². The van der Waals surface area contributed by atoms with Crippen molar-refractivity contribution in [3.63, 3.8) is 0 Å². The molecule has 0 aliphatic carbocycles. The number of rotatable bonds is 6. The van der Waals surface area contributed by atoms with Crippen LogP contribution in [0.2, 0.25) is 10.0 Å². The normalized spacial score (nSPS) is 13.6. The van der Waals surface area contributed by atoms with E-state index in [1.165, 1.54) is 0 Å². The highest BCUT2D eigenvalue weighted by Crippen LogP contribution is 2.22. The van der Waals surface area contributed by atoms with Crippen molar-refractivity contribution in [3.05, 3.63) is 69.2 Å². The van der Waals surface area contributed by atoms with Crippen LogP contribution < -0.4 is 5.32 Å². The number of likely N-dealkylation sites (tertiary alicyclic amines) is 1. The summed E-state index contributed by atoms with van der Waals surface area (Å²) in [6.07, 6.45) is 3.03. The van der Waals surface area contributed by atoms with Crippen LogP contribution in [0.15, 0.2) is 42.5 Å². The van der Waals surface area contributed by atoms with Crippen molar-refractivity contribution >= 4 is 35.0 Å². The van der Waals surface area contributed by atoms with Gasteiger partial charge in [0.15, 0.2) is 0 Å². The molecule has 0 saturated carbocycles. The summed E-state index contributed by atoms with van der Waals surface area (Å²) in [7, 11) is 0. The molecule has 0 unspecified atom stereocenters. The minimum atomic E-state index is -0.0581. The Labute approximate surface area is 169 Å². The van der Waals surface area contributed by atoms with Crippen LogP contribution in [0.1, 0.15) is 40.7 Å². The van der Waals surface area contributed by atoms with Crippen LogP contribution in [0, 0.1) is 0 Å². The van der Waals surface area contributed by atoms with Crippen LogP contribution in [-0.2, 0) is 17.8 Å². The Kier molecular flexibility index (Phi) is 6.75. The molecule has 4 nitrogen and oxygen atoms in total. The number of aryl methyl sites for hydroxylation is 1. The van der Waals surface area contributed by atoms with E-state index in [9.17, 15) is 9.59 Å². The third-order valence-corrected chi connectivity index (χ3v) is 5.28. The third-order valence-electron chi connectivity index (χ3n) is 4.69. The second kappa shape index (κ2) is 9.25. The van der Waals surface area contributed by atoms with Crippen LogP contribution in [-0.4, -0.2) is 29.8 Å². The van der Waals surface area contributed by atoms with Gasteiger partial charge in [0, 0.05) is 41.7 Å². The number of hydrogen-bond donors (Lipinski definition) is 1. The van der Waals surface area contributed by atoms with Gasteiger partial charge in [-0.05, 0) is 54.7 Å². The van der Waals surface area contributed by atoms with E-state index < -0.39 is 0 Å². The largest absolute Gasteiger partial charge is 0.352 e. The predicted octanol–water partition coefficient (Wildman–Crippen LogP) is 4.48. The molecule has 2 aromatic rings. The van der Waals surface area contributed by atoms with Crippen LogP contribution >= 0.6 is 23.2 Å². The van der Waals surface area contributed by atoms with Gasteiger partial charge in [0.1, 0.15) is 0 Å². The maximum absolute atomic E-state index is 12.5. The minimum Gasteiger partial charge on any atom is -0.352 e. The SMILES string of the molecule is O=C(CCc1ccc(Cl)cc1Cl)NCc1cccc(C(=O)N2CCCC2)c1. The van der Waals surface area contributed by atoms with E-state index in [1.54, 1.807) is 12.1 Å². The highest BCUT2D eigenvalue weighted by Gasteiger charge is 2.19. The van der Waals surface area contributed by atoms with E-state index in [-0.39, 0.29) is 11.8 Å². The number of carbonyl (C=O) groups excluding carboxylic acids is 2. The van der Waals surface area contributed by atoms with E-state index in [2.05, 4.69) is 5.32 Å². The third kappa shape index (κ3) is 5.47. The zero-order valence-corrected chi connectivity index (χ0v) is 16.5. The molecule has 0 atom stereocenters. The van der Waals surface area contributed by atoms with Crippen LogP contribution in [0.3, 0.4) is 0 Å². The zero-order valence-electron chi connectivity index (χ0n) is 15.0. The average molecular weight is 405 g/mol. The molecule has 2 aromatic carbocycles. The molecule has 1 saturated heterocycles. The molecule has 2 amide bonds. The number of hydrogen-bond acceptors (Lipinski definition) is 2. The van der Waals surface area contributed by atoms with Gasteiger partial charge < -0.3 is 10.2 Å². The van der Waals surface area contributed by atoms with Crippen molar-refractivity contribution in [2.45, 2.75) is 32.2 Å². The Bertz CT molecular complexity index is 833. The fourth-order valence-corrected chi connectivity index (χ4v) is 3.68. The summed E-state index contributed by atoms with van der Waals surface area (Å²) in [6, 6.07) is 12.7. The van der Waals surface area contributed by atoms with Crippen molar-refractivity contribution in [2.24, 2.45) is 0 Å². The van der Waals surface area contributed by atoms with Crippen LogP contribution in [0.4, 0.5) is 0 Å². The smallest absolute Gasteiger partial charge is 0.253 e. The summed E-state index contributed by atoms with van der Waals surface area (Å²) in [4.78, 5) is 26.5. The lowest BCUT2D eigenvalue weighted by Gasteiger charge is -2.15. The summed E-state index contributed by atoms with van der Waals surface area (Å²) in [5, 5.41) is 4.06. The molecular formula is C21H22Cl2N2O2. The summed E-state index contributed by atoms with van der Waals surface area (Å²) in [5.41, 5.74) is 2.49. The Balaban J connectivity index is 1.51. The first-order valence-corrected chi connectivity index (χ1v) is 9.87. The summed E-state index contributed by atoms with van der Waals surface area (Å²) < 4.78 is 0. The monoisotopic (exact) mass is 404 g/mol. The van der Waals surface area contributed by atoms with Gasteiger partial charge in [0.2, 0.25) is 5.91 Å². The summed E-state index contributed by atoms with van der Waals surface area (Å²) >= 11 is 12.0. The maximum atomic E-state index is 12.5. The fourth-order valence-electron chi connectivity index (χ4n) is 3.18. The van der Waals surface area contributed by atoms with Crippen molar-refractivity contribution in [1.82, 2.24) is 10.2 Å². The molecule has 1 heterocycles. The van der Waals surface area contributed by atoms with Crippen molar-refractivity contribution in [1.29, 1.82) is 0 Å². The number of carbonyl (C=O) groups is 2. The summed E-state index contributed by atoms with van der Waals surface area (Å²) in [6.45, 7) is 2.05. The van der Waals surface area contributed by atoms with Gasteiger partial charge in [0.25, 0.3) is 5.91 Å². The molecule has 142 valence electrons. The molecule has 0 bridgehead atoms. The molecule has 0 radical (unpaired) electrons. The van der Waals surface area contributed by atoms with Gasteiger partial charge >= 0.3 is 0 Å². The van der Waals surface area contributed by atoms with E-state index in [4.69, 9.17) is 23.2 Å². The topological polar surface area (TPSA) is 49.4 Å². The Hall–Kier alpha value is -2.04. The molecule has 1 aliphatic rings. The van der Waals surface area contributed by atoms with E-state index in [1.807, 2.05) is 35.2 Å². The second-order valence-corrected chi connectivity index (χ2v) is 7.56. The number of nitrogens with one attached hydrogen (secondary N) is 1. The highest BCUT2D eigenvalue weighted by atomic mass is 35.5. The maximum Gasteiger partial charge on any atom is 0.253 e. The van der Waals surface area contributed by atoms with Gasteiger partial charge in [-0.3, -0.25) is 9.59 Å². The molecule has 1 N–H and O–H groups in total. The number of amides is 2. The zero-order chi connectivity index (χ0) is 19.2. The van der Waals surface area contributed by atoms with Gasteiger partial charge in [0.05, 0.1) is 0 Å². The van der Waals surface area contributed by atoms with E-state index in [0.29, 0.717) is 35.0 Å². The number of nitrogens with zero attached hydrogens (tertiary/aromatic N) is 1. The molecular weight excluding hydrogens is 383 g/mol. The number of halogens is 2. The predicted molar refractivity (Wildman–Crippen MR) is 108 cm³/mol. The van der Waals surface area contributed by atoms with Crippen LogP contribution in [0.25, 0.3) is 0 Å². The quantitative estimate of drug-likeness (QED) is 0.771. The van der Waals surface area contributed by atoms with E-state index >= 15 is 0 Å². The lowest BCUT2D eigenvalue weighted by Crippen LogP contribution is -2.28. The average Bonchev–Trinajstić information content (AvgIpc) is 3.20. The lowest BCUT2D eigenvalue weighted by molar-refractivity contribution is -0.121. The second-order valence-electron chi connectivity index (χ2n) is 6.71. The molecule has 27 heavy (non-hydrogen) atoms. The molecule has 0 aromatic heterocycles. The Morgan fingerprint density at radius 2 is 1.81 bits per heavy atom. The molecule has 1 fully saturated rings. The minimum absolute atomic E-state index is 0.0581. The summed E-state index contributed by atoms with van der Waals surface area (Å²) in [5.74, 6) is 0.00958. The first-order chi connectivity index (χ1) is 13.0. The van der Waals surface area contributed by atoms with Gasteiger partial charge in [-0.1, -0.05) is 41.4 Å². The Morgan fingerprint density at radius 3 is 2.56 bits per heavy atom. The molecule has 6 heteroatoms. The highest BCUT2D eigenvalue weighted by molar-refractivity contribution is 6.35. The fraction of sp³-hybridized carbons (Fsp3) is 0.333. The van der Waals surface area contributed by atoms with Crippen molar-refractivity contribution in [2.75, 3.05) is 13.1 Å². The molecule has 0 spiro atoms. The van der Waals surface area contributed by atoms with Crippen molar-refractivity contribution in [3.8, 4) is 0 Å². The standard InChI is InChI=1S/C21H22Cl2N2O2/c22-18-8-6-16(19(23)13-18)7-9-20(26)24-14-15-4-3-5-17(12-15)21(27)25-10-1-2-11-25/h3-6,8,12-13H,1-2,7,9-11,14H2,(H,24,26). The first kappa shape index (κ1) is 19.7. The first-order valence-electron chi connectivity index (χ1n) is 9.12. The Morgan fingerprint density at radius 1 is 1.04 bits per heavy atom. The number of benzene rings is 2. The van der Waals surface area contributed by atoms with Gasteiger partial charge in [-0.2, -0.15) is 0 Å². The molecule has 3 rings (SSSR count). The van der Waals surface area contributed by atoms with Crippen molar-refractivity contribution < 1.29 is 9.59 Å². The van der Waals surface area contributed by atoms with E-state index in [0.717, 1.165) is 37.1 Å². The lowest BCUT2D eigenvalue weighted by atomic mass is 10.1. The molecule has 1 aliphatic heterocycles. The van der Waals surface area contributed by atoms with Gasteiger partial charge in [-0.15, -0.1) is 0 Å². The van der Waals surface area contributed by atoms with Crippen LogP contribution in [0.5, 0.6) is 0 Å².